The number of aliphatic hydroxyl groups is 1. The maximum absolute atomic E-state index is 13.3. The molecule has 0 aromatic heterocycles. The second kappa shape index (κ2) is 11.0. The van der Waals surface area contributed by atoms with E-state index in [9.17, 15) is 9.90 Å². The van der Waals surface area contributed by atoms with E-state index in [0.29, 0.717) is 37.6 Å². The van der Waals surface area contributed by atoms with E-state index in [1.807, 2.05) is 12.1 Å². The number of hydrogen-bond acceptors (Lipinski definition) is 6. The van der Waals surface area contributed by atoms with Gasteiger partial charge in [0.05, 0.1) is 18.2 Å². The van der Waals surface area contributed by atoms with Crippen LogP contribution >= 0.6 is 0 Å². The fourth-order valence-corrected chi connectivity index (χ4v) is 5.44. The Kier molecular flexibility index (Phi) is 7.56. The van der Waals surface area contributed by atoms with Crippen LogP contribution in [0.25, 0.3) is 0 Å². The van der Waals surface area contributed by atoms with E-state index in [0.717, 1.165) is 57.7 Å². The summed E-state index contributed by atoms with van der Waals surface area (Å²) in [6.07, 6.45) is 2.61. The Bertz CT molecular complexity index is 1020. The van der Waals surface area contributed by atoms with Crippen LogP contribution in [0.15, 0.2) is 42.5 Å². The molecule has 5 rings (SSSR count). The molecule has 35 heavy (non-hydrogen) atoms. The van der Waals surface area contributed by atoms with Crippen LogP contribution in [0.3, 0.4) is 0 Å². The summed E-state index contributed by atoms with van der Waals surface area (Å²) in [5, 5.41) is 10.8. The van der Waals surface area contributed by atoms with Gasteiger partial charge >= 0.3 is 0 Å². The standard InChI is InChI=1S/C28H37N3O4/c1-2-29-13-10-24(11-14-29)35-25-7-8-26-27(17-25)34-16-15-31(28(26)33)20-23(32)19-30-12-9-21-5-3-4-6-22(21)18-30/h3-8,17,23-24,32H,2,9-16,18-20H2,1H3. The highest BCUT2D eigenvalue weighted by atomic mass is 16.5. The summed E-state index contributed by atoms with van der Waals surface area (Å²) in [6.45, 7) is 8.87. The first-order valence-electron chi connectivity index (χ1n) is 13.0. The Morgan fingerprint density at radius 3 is 2.63 bits per heavy atom. The van der Waals surface area contributed by atoms with Gasteiger partial charge in [0.15, 0.2) is 0 Å². The third-order valence-corrected chi connectivity index (χ3v) is 7.48. The number of piperidine rings is 1. The van der Waals surface area contributed by atoms with Crippen LogP contribution in [-0.4, -0.2) is 90.3 Å². The molecule has 1 fully saturated rings. The first-order valence-corrected chi connectivity index (χ1v) is 13.0. The number of rotatable bonds is 7. The number of benzene rings is 2. The number of ether oxygens (including phenoxy) is 2. The van der Waals surface area contributed by atoms with Gasteiger partial charge in [-0.05, 0) is 49.1 Å². The Morgan fingerprint density at radius 2 is 1.83 bits per heavy atom. The number of amides is 1. The van der Waals surface area contributed by atoms with Crippen molar-refractivity contribution in [3.05, 3.63) is 59.2 Å². The van der Waals surface area contributed by atoms with Crippen molar-refractivity contribution in [3.63, 3.8) is 0 Å². The zero-order valence-electron chi connectivity index (χ0n) is 20.7. The predicted molar refractivity (Wildman–Crippen MR) is 135 cm³/mol. The lowest BCUT2D eigenvalue weighted by Gasteiger charge is -2.32. The molecule has 7 nitrogen and oxygen atoms in total. The van der Waals surface area contributed by atoms with Crippen LogP contribution < -0.4 is 9.47 Å². The third kappa shape index (κ3) is 5.80. The molecule has 3 aliphatic rings. The van der Waals surface area contributed by atoms with E-state index in [2.05, 4.69) is 41.0 Å². The molecule has 2 aromatic rings. The molecule has 1 atom stereocenters. The molecule has 0 bridgehead atoms. The Balaban J connectivity index is 1.17. The van der Waals surface area contributed by atoms with Gasteiger partial charge in [-0.2, -0.15) is 0 Å². The van der Waals surface area contributed by atoms with Gasteiger partial charge in [-0.3, -0.25) is 9.69 Å². The summed E-state index contributed by atoms with van der Waals surface area (Å²) in [7, 11) is 0. The Morgan fingerprint density at radius 1 is 1.03 bits per heavy atom. The molecule has 0 radical (unpaired) electrons. The van der Waals surface area contributed by atoms with Gasteiger partial charge in [-0.25, -0.2) is 0 Å². The third-order valence-electron chi connectivity index (χ3n) is 7.48. The molecule has 2 aromatic carbocycles. The van der Waals surface area contributed by atoms with Crippen molar-refractivity contribution in [2.45, 2.75) is 44.9 Å². The first kappa shape index (κ1) is 24.1. The number of nitrogens with zero attached hydrogens (tertiary/aromatic N) is 3. The maximum Gasteiger partial charge on any atom is 0.257 e. The van der Waals surface area contributed by atoms with Crippen LogP contribution in [0.4, 0.5) is 0 Å². The van der Waals surface area contributed by atoms with Gasteiger partial charge < -0.3 is 24.4 Å². The quantitative estimate of drug-likeness (QED) is 0.659. The maximum atomic E-state index is 13.3. The van der Waals surface area contributed by atoms with Crippen molar-refractivity contribution in [2.24, 2.45) is 0 Å². The molecule has 3 aliphatic heterocycles. The largest absolute Gasteiger partial charge is 0.491 e. The van der Waals surface area contributed by atoms with Crippen LogP contribution in [0.5, 0.6) is 11.5 Å². The highest BCUT2D eigenvalue weighted by Gasteiger charge is 2.28. The van der Waals surface area contributed by atoms with Gasteiger partial charge in [0.1, 0.15) is 24.2 Å². The van der Waals surface area contributed by atoms with E-state index in [4.69, 9.17) is 9.47 Å². The lowest BCUT2D eigenvalue weighted by molar-refractivity contribution is 0.0501. The molecule has 1 unspecified atom stereocenters. The monoisotopic (exact) mass is 479 g/mol. The van der Waals surface area contributed by atoms with Gasteiger partial charge in [0, 0.05) is 45.3 Å². The number of carbonyl (C=O) groups excluding carboxylic acids is 1. The topological polar surface area (TPSA) is 65.5 Å². The second-order valence-electron chi connectivity index (χ2n) is 9.92. The molecule has 3 heterocycles. The molecular weight excluding hydrogens is 442 g/mol. The van der Waals surface area contributed by atoms with Gasteiger partial charge in [0.25, 0.3) is 5.91 Å². The van der Waals surface area contributed by atoms with Crippen molar-refractivity contribution in [1.82, 2.24) is 14.7 Å². The lowest BCUT2D eigenvalue weighted by atomic mass is 10.00. The molecule has 188 valence electrons. The predicted octanol–water partition coefficient (Wildman–Crippen LogP) is 2.80. The number of likely N-dealkylation sites (tertiary alicyclic amines) is 1. The zero-order valence-corrected chi connectivity index (χ0v) is 20.7. The average Bonchev–Trinajstić information content (AvgIpc) is 3.02. The lowest BCUT2D eigenvalue weighted by Crippen LogP contribution is -2.44. The molecule has 1 amide bonds. The minimum absolute atomic E-state index is 0.0941. The minimum atomic E-state index is -0.609. The van der Waals surface area contributed by atoms with E-state index in [1.165, 1.54) is 11.1 Å². The SMILES string of the molecule is CCN1CCC(Oc2ccc3c(c2)OCCN(CC(O)CN2CCc4ccccc4C2)C3=O)CC1. The van der Waals surface area contributed by atoms with Crippen LogP contribution in [0.2, 0.25) is 0 Å². The minimum Gasteiger partial charge on any atom is -0.491 e. The van der Waals surface area contributed by atoms with E-state index < -0.39 is 6.10 Å². The summed E-state index contributed by atoms with van der Waals surface area (Å²) < 4.78 is 12.2. The number of hydrogen-bond donors (Lipinski definition) is 1. The summed E-state index contributed by atoms with van der Waals surface area (Å²) in [5.74, 6) is 1.23. The van der Waals surface area contributed by atoms with Gasteiger partial charge in [-0.1, -0.05) is 31.2 Å². The summed E-state index contributed by atoms with van der Waals surface area (Å²) in [4.78, 5) is 19.7. The Labute approximate surface area is 208 Å². The second-order valence-corrected chi connectivity index (χ2v) is 9.92. The summed E-state index contributed by atoms with van der Waals surface area (Å²) >= 11 is 0. The number of fused-ring (bicyclic) bond motifs is 2. The first-order chi connectivity index (χ1) is 17.1. The summed E-state index contributed by atoms with van der Waals surface area (Å²) in [5.41, 5.74) is 3.26. The van der Waals surface area contributed by atoms with Crippen molar-refractivity contribution >= 4 is 5.91 Å². The van der Waals surface area contributed by atoms with Crippen LogP contribution in [0, 0.1) is 0 Å². The average molecular weight is 480 g/mol. The van der Waals surface area contributed by atoms with E-state index >= 15 is 0 Å². The molecule has 0 aliphatic carbocycles. The van der Waals surface area contributed by atoms with E-state index in [1.54, 1.807) is 11.0 Å². The van der Waals surface area contributed by atoms with Gasteiger partial charge in [0.2, 0.25) is 0 Å². The molecule has 0 saturated carbocycles. The Hall–Kier alpha value is -2.61. The van der Waals surface area contributed by atoms with Crippen molar-refractivity contribution in [3.8, 4) is 11.5 Å². The number of β-amino-alcohol motifs (C(OH)–C–C–N with tert-alkyl or cyclic N) is 1. The van der Waals surface area contributed by atoms with Crippen molar-refractivity contribution in [1.29, 1.82) is 0 Å². The van der Waals surface area contributed by atoms with E-state index in [-0.39, 0.29) is 12.0 Å². The highest BCUT2D eigenvalue weighted by Crippen LogP contribution is 2.30. The van der Waals surface area contributed by atoms with Crippen molar-refractivity contribution < 1.29 is 19.4 Å². The molecule has 1 N–H and O–H groups in total. The number of carbonyl (C=O) groups is 1. The fourth-order valence-electron chi connectivity index (χ4n) is 5.44. The normalized spacial score (nSPS) is 20.5. The van der Waals surface area contributed by atoms with Crippen LogP contribution in [-0.2, 0) is 13.0 Å². The fraction of sp³-hybridized carbons (Fsp3) is 0.536. The summed E-state index contributed by atoms with van der Waals surface area (Å²) in [6, 6.07) is 14.0. The van der Waals surface area contributed by atoms with Crippen molar-refractivity contribution in [2.75, 3.05) is 52.4 Å². The van der Waals surface area contributed by atoms with Gasteiger partial charge in [-0.15, -0.1) is 0 Å². The van der Waals surface area contributed by atoms with Crippen LogP contribution in [0.1, 0.15) is 41.3 Å². The molecular formula is C28H37N3O4. The molecule has 1 saturated heterocycles. The smallest absolute Gasteiger partial charge is 0.257 e. The molecule has 7 heteroatoms. The zero-order chi connectivity index (χ0) is 24.2. The molecule has 0 spiro atoms. The highest BCUT2D eigenvalue weighted by molar-refractivity contribution is 5.97. The number of aliphatic hydroxyl groups excluding tert-OH is 1.